The van der Waals surface area contributed by atoms with Gasteiger partial charge in [0.15, 0.2) is 0 Å². The number of hydrogen-bond donors (Lipinski definition) is 3. The van der Waals surface area contributed by atoms with Crippen molar-refractivity contribution in [1.82, 2.24) is 10.0 Å². The number of aromatic carboxylic acids is 1. The molecule has 0 saturated heterocycles. The summed E-state index contributed by atoms with van der Waals surface area (Å²) in [7, 11) is -3.17. The molecule has 1 heterocycles. The Hall–Kier alpha value is -1.38. The standard InChI is InChI=1S/C10H16N2O5S/c1-7-5-8(17-9(7)10(13)14)6-11-3-4-12-18(2,15)16/h5,11-12H,3-4,6H2,1-2H3,(H,13,14). The summed E-state index contributed by atoms with van der Waals surface area (Å²) in [6, 6.07) is 1.64. The van der Waals surface area contributed by atoms with Gasteiger partial charge in [0, 0.05) is 18.7 Å². The maximum atomic E-state index is 10.8. The number of rotatable bonds is 7. The Labute approximate surface area is 105 Å². The Kier molecular flexibility index (Phi) is 4.88. The number of furan rings is 1. The molecule has 1 rings (SSSR count). The molecule has 8 heteroatoms. The van der Waals surface area contributed by atoms with Gasteiger partial charge in [0.25, 0.3) is 0 Å². The summed E-state index contributed by atoms with van der Waals surface area (Å²) in [5, 5.41) is 11.7. The van der Waals surface area contributed by atoms with Crippen molar-refractivity contribution in [2.24, 2.45) is 0 Å². The summed E-state index contributed by atoms with van der Waals surface area (Å²) < 4.78 is 29.0. The fourth-order valence-electron chi connectivity index (χ4n) is 1.38. The van der Waals surface area contributed by atoms with E-state index in [1.165, 1.54) is 0 Å². The van der Waals surface area contributed by atoms with Crippen molar-refractivity contribution < 1.29 is 22.7 Å². The van der Waals surface area contributed by atoms with Crippen LogP contribution in [0.25, 0.3) is 0 Å². The Morgan fingerprint density at radius 1 is 1.44 bits per heavy atom. The van der Waals surface area contributed by atoms with Crippen LogP contribution >= 0.6 is 0 Å². The van der Waals surface area contributed by atoms with Gasteiger partial charge in [0.1, 0.15) is 5.76 Å². The topological polar surface area (TPSA) is 109 Å². The quantitative estimate of drug-likeness (QED) is 0.601. The molecule has 0 spiro atoms. The van der Waals surface area contributed by atoms with E-state index in [9.17, 15) is 13.2 Å². The molecule has 1 aromatic heterocycles. The van der Waals surface area contributed by atoms with E-state index in [2.05, 4.69) is 10.0 Å². The van der Waals surface area contributed by atoms with Crippen LogP contribution in [0.2, 0.25) is 0 Å². The van der Waals surface area contributed by atoms with E-state index in [0.29, 0.717) is 24.4 Å². The predicted octanol–water partition coefficient (Wildman–Crippen LogP) is -0.0750. The van der Waals surface area contributed by atoms with Crippen LogP contribution in [0, 0.1) is 6.92 Å². The molecule has 0 aliphatic heterocycles. The smallest absolute Gasteiger partial charge is 0.372 e. The third-order valence-electron chi connectivity index (χ3n) is 2.13. The highest BCUT2D eigenvalue weighted by atomic mass is 32.2. The van der Waals surface area contributed by atoms with Crippen molar-refractivity contribution in [2.45, 2.75) is 13.5 Å². The minimum atomic E-state index is -3.17. The van der Waals surface area contributed by atoms with Crippen LogP contribution in [-0.4, -0.2) is 38.8 Å². The number of carbonyl (C=O) groups is 1. The van der Waals surface area contributed by atoms with E-state index < -0.39 is 16.0 Å². The van der Waals surface area contributed by atoms with Crippen LogP contribution in [-0.2, 0) is 16.6 Å². The minimum Gasteiger partial charge on any atom is -0.475 e. The van der Waals surface area contributed by atoms with Crippen LogP contribution in [0.5, 0.6) is 0 Å². The average molecular weight is 276 g/mol. The molecule has 0 bridgehead atoms. The second-order valence-corrected chi connectivity index (χ2v) is 5.71. The van der Waals surface area contributed by atoms with Crippen LogP contribution in [0.15, 0.2) is 10.5 Å². The molecule has 3 N–H and O–H groups in total. The molecule has 7 nitrogen and oxygen atoms in total. The monoisotopic (exact) mass is 276 g/mol. The Bertz CT molecular complexity index is 520. The maximum Gasteiger partial charge on any atom is 0.372 e. The first-order chi connectivity index (χ1) is 8.29. The molecule has 0 saturated carbocycles. The third kappa shape index (κ3) is 4.86. The van der Waals surface area contributed by atoms with E-state index in [0.717, 1.165) is 6.26 Å². The van der Waals surface area contributed by atoms with Crippen molar-refractivity contribution in [1.29, 1.82) is 0 Å². The zero-order valence-electron chi connectivity index (χ0n) is 10.2. The fraction of sp³-hybridized carbons (Fsp3) is 0.500. The molecule has 0 amide bonds. The maximum absolute atomic E-state index is 10.8. The molecule has 0 aliphatic carbocycles. The molecule has 0 radical (unpaired) electrons. The van der Waals surface area contributed by atoms with Gasteiger partial charge in [-0.3, -0.25) is 0 Å². The fourth-order valence-corrected chi connectivity index (χ4v) is 1.86. The van der Waals surface area contributed by atoms with Crippen molar-refractivity contribution >= 4 is 16.0 Å². The van der Waals surface area contributed by atoms with E-state index in [1.54, 1.807) is 13.0 Å². The van der Waals surface area contributed by atoms with E-state index in [4.69, 9.17) is 9.52 Å². The Balaban J connectivity index is 2.36. The zero-order chi connectivity index (χ0) is 13.8. The molecule has 1 aromatic rings. The Morgan fingerprint density at radius 3 is 2.61 bits per heavy atom. The van der Waals surface area contributed by atoms with Gasteiger partial charge in [-0.1, -0.05) is 0 Å². The lowest BCUT2D eigenvalue weighted by Crippen LogP contribution is -2.30. The third-order valence-corrected chi connectivity index (χ3v) is 2.86. The number of carboxylic acids is 1. The van der Waals surface area contributed by atoms with Gasteiger partial charge >= 0.3 is 5.97 Å². The zero-order valence-corrected chi connectivity index (χ0v) is 11.0. The van der Waals surface area contributed by atoms with Crippen LogP contribution in [0.3, 0.4) is 0 Å². The average Bonchev–Trinajstić information content (AvgIpc) is 2.57. The van der Waals surface area contributed by atoms with Crippen LogP contribution in [0.4, 0.5) is 0 Å². The lowest BCUT2D eigenvalue weighted by Gasteiger charge is -2.03. The highest BCUT2D eigenvalue weighted by Gasteiger charge is 2.13. The van der Waals surface area contributed by atoms with E-state index in [1.807, 2.05) is 0 Å². The molecule has 0 fully saturated rings. The van der Waals surface area contributed by atoms with Gasteiger partial charge in [0.2, 0.25) is 15.8 Å². The van der Waals surface area contributed by atoms with Gasteiger partial charge in [-0.05, 0) is 13.0 Å². The molecule has 0 unspecified atom stereocenters. The molecule has 0 atom stereocenters. The van der Waals surface area contributed by atoms with Crippen molar-refractivity contribution in [3.05, 3.63) is 23.2 Å². The number of hydrogen-bond acceptors (Lipinski definition) is 5. The summed E-state index contributed by atoms with van der Waals surface area (Å²) in [5.41, 5.74) is 0.563. The second-order valence-electron chi connectivity index (χ2n) is 3.87. The SMILES string of the molecule is Cc1cc(CNCCNS(C)(=O)=O)oc1C(=O)O. The minimum absolute atomic E-state index is 0.0685. The second kappa shape index (κ2) is 5.98. The number of carboxylic acid groups (broad SMARTS) is 1. The van der Waals surface area contributed by atoms with Gasteiger partial charge in [-0.25, -0.2) is 17.9 Å². The summed E-state index contributed by atoms with van der Waals surface area (Å²) in [6.07, 6.45) is 1.09. The summed E-state index contributed by atoms with van der Waals surface area (Å²) >= 11 is 0. The van der Waals surface area contributed by atoms with Gasteiger partial charge in [0.05, 0.1) is 12.8 Å². The van der Waals surface area contributed by atoms with Crippen LogP contribution < -0.4 is 10.0 Å². The molecular formula is C10H16N2O5S. The summed E-state index contributed by atoms with van der Waals surface area (Å²) in [5.74, 6) is -0.664. The predicted molar refractivity (Wildman–Crippen MR) is 65.0 cm³/mol. The molecule has 0 aliphatic rings. The van der Waals surface area contributed by atoms with Crippen molar-refractivity contribution in [3.63, 3.8) is 0 Å². The highest BCUT2D eigenvalue weighted by Crippen LogP contribution is 2.14. The van der Waals surface area contributed by atoms with Gasteiger partial charge in [-0.15, -0.1) is 0 Å². The number of sulfonamides is 1. The lowest BCUT2D eigenvalue weighted by atomic mass is 10.2. The van der Waals surface area contributed by atoms with Crippen molar-refractivity contribution in [2.75, 3.05) is 19.3 Å². The molecule has 18 heavy (non-hydrogen) atoms. The largest absolute Gasteiger partial charge is 0.475 e. The summed E-state index contributed by atoms with van der Waals surface area (Å²) in [6.45, 7) is 2.70. The molecule has 0 aromatic carbocycles. The highest BCUT2D eigenvalue weighted by molar-refractivity contribution is 7.88. The molecular weight excluding hydrogens is 260 g/mol. The van der Waals surface area contributed by atoms with Crippen LogP contribution in [0.1, 0.15) is 21.9 Å². The van der Waals surface area contributed by atoms with E-state index in [-0.39, 0.29) is 12.3 Å². The Morgan fingerprint density at radius 2 is 2.11 bits per heavy atom. The molecule has 102 valence electrons. The van der Waals surface area contributed by atoms with Crippen molar-refractivity contribution in [3.8, 4) is 0 Å². The first kappa shape index (κ1) is 14.7. The van der Waals surface area contributed by atoms with E-state index >= 15 is 0 Å². The van der Waals surface area contributed by atoms with Gasteiger partial charge in [-0.2, -0.15) is 0 Å². The lowest BCUT2D eigenvalue weighted by molar-refractivity contribution is 0.0659. The van der Waals surface area contributed by atoms with Gasteiger partial charge < -0.3 is 14.8 Å². The normalized spacial score (nSPS) is 11.7. The summed E-state index contributed by atoms with van der Waals surface area (Å²) in [4.78, 5) is 10.7. The number of nitrogens with one attached hydrogen (secondary N) is 2. The first-order valence-corrected chi connectivity index (χ1v) is 7.16. The first-order valence-electron chi connectivity index (χ1n) is 5.27. The number of aryl methyl sites for hydroxylation is 1.